The van der Waals surface area contributed by atoms with E-state index in [0.29, 0.717) is 5.76 Å². The van der Waals surface area contributed by atoms with Crippen molar-refractivity contribution in [2.45, 2.75) is 6.92 Å². The van der Waals surface area contributed by atoms with E-state index in [1.54, 1.807) is 13.0 Å². The maximum absolute atomic E-state index is 13.3. The molecular weight excluding hydrogens is 251 g/mol. The molecule has 0 atom stereocenters. The summed E-state index contributed by atoms with van der Waals surface area (Å²) in [7, 11) is 0. The van der Waals surface area contributed by atoms with Gasteiger partial charge in [-0.1, -0.05) is 12.1 Å². The number of furan rings is 1. The van der Waals surface area contributed by atoms with E-state index >= 15 is 0 Å². The maximum atomic E-state index is 13.3. The normalized spacial score (nSPS) is 10.0. The zero-order valence-corrected chi connectivity index (χ0v) is 10.1. The Balaban J connectivity index is 1.98. The Labute approximate surface area is 108 Å². The first-order valence-corrected chi connectivity index (χ1v) is 5.49. The van der Waals surface area contributed by atoms with Crippen LogP contribution in [-0.2, 0) is 0 Å². The summed E-state index contributed by atoms with van der Waals surface area (Å²) in [5.41, 5.74) is 4.09. The number of hydrogen-bond acceptors (Lipinski definition) is 3. The summed E-state index contributed by atoms with van der Waals surface area (Å²) in [6, 6.07) is 8.56. The number of hydrazine groups is 1. The van der Waals surface area contributed by atoms with Gasteiger partial charge in [0.25, 0.3) is 5.91 Å². The maximum Gasteiger partial charge on any atom is 0.305 e. The van der Waals surface area contributed by atoms with Crippen molar-refractivity contribution in [3.05, 3.63) is 59.3 Å². The zero-order chi connectivity index (χ0) is 13.8. The van der Waals surface area contributed by atoms with Crippen LogP contribution in [0.15, 0.2) is 40.8 Å². The van der Waals surface area contributed by atoms with E-state index in [4.69, 9.17) is 4.42 Å². The molecule has 2 aromatic rings. The largest absolute Gasteiger partial charge is 0.456 e. The topological polar surface area (TPSA) is 71.3 Å². The summed E-state index contributed by atoms with van der Waals surface area (Å²) >= 11 is 0. The van der Waals surface area contributed by atoms with Crippen molar-refractivity contribution in [1.29, 1.82) is 0 Å². The summed E-state index contributed by atoms with van der Waals surface area (Å²) in [5.74, 6) is -1.38. The first-order valence-electron chi connectivity index (χ1n) is 5.49. The monoisotopic (exact) mass is 262 g/mol. The van der Waals surface area contributed by atoms with Gasteiger partial charge < -0.3 is 4.42 Å². The molecule has 2 N–H and O–H groups in total. The van der Waals surface area contributed by atoms with Crippen molar-refractivity contribution in [2.24, 2.45) is 0 Å². The molecular formula is C13H11FN2O3. The fourth-order valence-electron chi connectivity index (χ4n) is 1.44. The summed E-state index contributed by atoms with van der Waals surface area (Å²) in [6.45, 7) is 1.69. The standard InChI is InChI=1S/C13H11FN2O3/c1-8-6-7-11(19-8)13(18)16-15-12(17)9-4-2-3-5-10(9)14/h2-7H,1H3,(H,15,17)(H,16,18). The molecule has 6 heteroatoms. The Bertz CT molecular complexity index is 622. The van der Waals surface area contributed by atoms with Gasteiger partial charge in [-0.25, -0.2) is 4.39 Å². The van der Waals surface area contributed by atoms with E-state index in [2.05, 4.69) is 10.9 Å². The lowest BCUT2D eigenvalue weighted by molar-refractivity contribution is 0.0828. The van der Waals surface area contributed by atoms with Crippen LogP contribution in [0.2, 0.25) is 0 Å². The van der Waals surface area contributed by atoms with Crippen molar-refractivity contribution in [2.75, 3.05) is 0 Å². The van der Waals surface area contributed by atoms with Crippen molar-refractivity contribution in [1.82, 2.24) is 10.9 Å². The molecule has 0 radical (unpaired) electrons. The molecule has 0 bridgehead atoms. The molecule has 98 valence electrons. The van der Waals surface area contributed by atoms with Gasteiger partial charge in [0.05, 0.1) is 5.56 Å². The van der Waals surface area contributed by atoms with E-state index < -0.39 is 17.6 Å². The van der Waals surface area contributed by atoms with Gasteiger partial charge in [-0.15, -0.1) is 0 Å². The first-order chi connectivity index (χ1) is 9.08. The lowest BCUT2D eigenvalue weighted by Crippen LogP contribution is -2.41. The number of rotatable bonds is 2. The second-order valence-electron chi connectivity index (χ2n) is 3.80. The van der Waals surface area contributed by atoms with Crippen LogP contribution in [0.1, 0.15) is 26.7 Å². The molecule has 1 heterocycles. The number of aryl methyl sites for hydroxylation is 1. The van der Waals surface area contributed by atoms with E-state index in [0.717, 1.165) is 6.07 Å². The Kier molecular flexibility index (Phi) is 3.61. The van der Waals surface area contributed by atoms with Crippen molar-refractivity contribution in [3.8, 4) is 0 Å². The quantitative estimate of drug-likeness (QED) is 0.811. The lowest BCUT2D eigenvalue weighted by Gasteiger charge is -2.06. The zero-order valence-electron chi connectivity index (χ0n) is 10.1. The van der Waals surface area contributed by atoms with Crippen molar-refractivity contribution >= 4 is 11.8 Å². The number of halogens is 1. The molecule has 0 aliphatic carbocycles. The van der Waals surface area contributed by atoms with Crippen LogP contribution in [0.5, 0.6) is 0 Å². The van der Waals surface area contributed by atoms with Gasteiger partial charge in [0.15, 0.2) is 5.76 Å². The summed E-state index contributed by atoms with van der Waals surface area (Å²) in [6.07, 6.45) is 0. The molecule has 2 rings (SSSR count). The molecule has 0 saturated heterocycles. The number of nitrogens with one attached hydrogen (secondary N) is 2. The predicted octanol–water partition coefficient (Wildman–Crippen LogP) is 1.80. The van der Waals surface area contributed by atoms with Crippen LogP contribution in [0.3, 0.4) is 0 Å². The smallest absolute Gasteiger partial charge is 0.305 e. The van der Waals surface area contributed by atoms with Gasteiger partial charge in [0.2, 0.25) is 0 Å². The highest BCUT2D eigenvalue weighted by Crippen LogP contribution is 2.06. The third-order valence-electron chi connectivity index (χ3n) is 2.37. The van der Waals surface area contributed by atoms with E-state index in [1.165, 1.54) is 24.3 Å². The Morgan fingerprint density at radius 3 is 2.37 bits per heavy atom. The van der Waals surface area contributed by atoms with Crippen molar-refractivity contribution < 1.29 is 18.4 Å². The lowest BCUT2D eigenvalue weighted by atomic mass is 10.2. The summed E-state index contributed by atoms with van der Waals surface area (Å²) < 4.78 is 18.4. The fourth-order valence-corrected chi connectivity index (χ4v) is 1.44. The van der Waals surface area contributed by atoms with Gasteiger partial charge >= 0.3 is 5.91 Å². The minimum absolute atomic E-state index is 0.0614. The first kappa shape index (κ1) is 12.8. The Morgan fingerprint density at radius 1 is 1.05 bits per heavy atom. The molecule has 0 unspecified atom stereocenters. The summed E-state index contributed by atoms with van der Waals surface area (Å²) in [5, 5.41) is 0. The molecule has 1 aromatic heterocycles. The van der Waals surface area contributed by atoms with Gasteiger partial charge in [-0.2, -0.15) is 0 Å². The van der Waals surface area contributed by atoms with Gasteiger partial charge in [-0.05, 0) is 31.2 Å². The second-order valence-corrected chi connectivity index (χ2v) is 3.80. The Hall–Kier alpha value is -2.63. The summed E-state index contributed by atoms with van der Waals surface area (Å²) in [4.78, 5) is 23.2. The van der Waals surface area contributed by atoms with Gasteiger partial charge in [-0.3, -0.25) is 20.4 Å². The SMILES string of the molecule is Cc1ccc(C(=O)NNC(=O)c2ccccc2F)o1. The van der Waals surface area contributed by atoms with E-state index in [9.17, 15) is 14.0 Å². The number of amides is 2. The molecule has 0 aliphatic rings. The molecule has 0 saturated carbocycles. The average Bonchev–Trinajstić information content (AvgIpc) is 2.83. The third-order valence-corrected chi connectivity index (χ3v) is 2.37. The molecule has 0 spiro atoms. The molecule has 2 amide bonds. The van der Waals surface area contributed by atoms with Crippen LogP contribution < -0.4 is 10.9 Å². The molecule has 19 heavy (non-hydrogen) atoms. The number of hydrogen-bond donors (Lipinski definition) is 2. The average molecular weight is 262 g/mol. The van der Waals surface area contributed by atoms with Crippen LogP contribution >= 0.6 is 0 Å². The molecule has 0 fully saturated rings. The van der Waals surface area contributed by atoms with Gasteiger partial charge in [0, 0.05) is 0 Å². The third kappa shape index (κ3) is 2.98. The van der Waals surface area contributed by atoms with Crippen LogP contribution in [-0.4, -0.2) is 11.8 Å². The molecule has 0 aliphatic heterocycles. The van der Waals surface area contributed by atoms with Crippen LogP contribution in [0.4, 0.5) is 4.39 Å². The Morgan fingerprint density at radius 2 is 1.74 bits per heavy atom. The molecule has 5 nitrogen and oxygen atoms in total. The minimum atomic E-state index is -0.741. The van der Waals surface area contributed by atoms with Crippen LogP contribution in [0.25, 0.3) is 0 Å². The van der Waals surface area contributed by atoms with Crippen LogP contribution in [0, 0.1) is 12.7 Å². The van der Waals surface area contributed by atoms with E-state index in [1.807, 2.05) is 0 Å². The highest BCUT2D eigenvalue weighted by Gasteiger charge is 2.14. The highest BCUT2D eigenvalue weighted by molar-refractivity contribution is 5.98. The fraction of sp³-hybridized carbons (Fsp3) is 0.0769. The van der Waals surface area contributed by atoms with E-state index in [-0.39, 0.29) is 11.3 Å². The van der Waals surface area contributed by atoms with Crippen molar-refractivity contribution in [3.63, 3.8) is 0 Å². The molecule has 1 aromatic carbocycles. The second kappa shape index (κ2) is 5.34. The number of benzene rings is 1. The van der Waals surface area contributed by atoms with Gasteiger partial charge in [0.1, 0.15) is 11.6 Å². The number of carbonyl (C=O) groups is 2. The predicted molar refractivity (Wildman–Crippen MR) is 64.8 cm³/mol. The highest BCUT2D eigenvalue weighted by atomic mass is 19.1. The number of carbonyl (C=O) groups excluding carboxylic acids is 2. The minimum Gasteiger partial charge on any atom is -0.456 e.